The fourth-order valence-electron chi connectivity index (χ4n) is 1.53. The molecule has 1 aromatic heterocycles. The highest BCUT2D eigenvalue weighted by molar-refractivity contribution is 8.00. The molecule has 0 radical (unpaired) electrons. The van der Waals surface area contributed by atoms with E-state index in [9.17, 15) is 4.79 Å². The summed E-state index contributed by atoms with van der Waals surface area (Å²) in [6, 6.07) is 5.08. The number of rotatable bonds is 4. The number of halogens is 2. The van der Waals surface area contributed by atoms with Crippen LogP contribution in [0.15, 0.2) is 27.8 Å². The lowest BCUT2D eigenvalue weighted by Crippen LogP contribution is -2.22. The van der Waals surface area contributed by atoms with E-state index >= 15 is 0 Å². The Morgan fingerprint density at radius 1 is 1.38 bits per heavy atom. The Morgan fingerprint density at radius 2 is 2.10 bits per heavy atom. The smallest absolute Gasteiger partial charge is 0.256 e. The zero-order valence-electron chi connectivity index (χ0n) is 11.7. The molecule has 0 fully saturated rings. The third-order valence-corrected chi connectivity index (χ3v) is 4.63. The quantitative estimate of drug-likeness (QED) is 0.815. The lowest BCUT2D eigenvalue weighted by Gasteiger charge is -2.11. The van der Waals surface area contributed by atoms with Crippen molar-refractivity contribution < 1.29 is 9.21 Å². The fraction of sp³-hybridized carbons (Fsp3) is 0.286. The second kappa shape index (κ2) is 6.73. The van der Waals surface area contributed by atoms with E-state index < -0.39 is 0 Å². The zero-order chi connectivity index (χ0) is 15.6. The minimum absolute atomic E-state index is 0.197. The third kappa shape index (κ3) is 3.93. The van der Waals surface area contributed by atoms with Crippen LogP contribution >= 0.6 is 35.0 Å². The van der Waals surface area contributed by atoms with Gasteiger partial charge < -0.3 is 9.73 Å². The number of carbonyl (C=O) groups excluding carboxylic acids is 1. The molecule has 1 unspecified atom stereocenters. The number of carbonyl (C=O) groups is 1. The van der Waals surface area contributed by atoms with Crippen LogP contribution in [0.1, 0.15) is 18.4 Å². The summed E-state index contributed by atoms with van der Waals surface area (Å²) < 4.78 is 5.45. The highest BCUT2D eigenvalue weighted by Gasteiger charge is 2.19. The van der Waals surface area contributed by atoms with Gasteiger partial charge in [-0.3, -0.25) is 4.79 Å². The molecule has 0 saturated carbocycles. The predicted molar refractivity (Wildman–Crippen MR) is 86.4 cm³/mol. The topological polar surface area (TPSA) is 55.1 Å². The number of hydrogen-bond acceptors (Lipinski definition) is 4. The molecule has 1 aromatic carbocycles. The Balaban J connectivity index is 2.04. The van der Waals surface area contributed by atoms with Crippen LogP contribution in [0.2, 0.25) is 10.0 Å². The second-order valence-electron chi connectivity index (χ2n) is 4.47. The summed E-state index contributed by atoms with van der Waals surface area (Å²) in [4.78, 5) is 16.4. The van der Waals surface area contributed by atoms with E-state index in [2.05, 4.69) is 10.3 Å². The molecule has 1 atom stereocenters. The number of anilines is 1. The lowest BCUT2D eigenvalue weighted by molar-refractivity contribution is -0.115. The molecule has 0 bridgehead atoms. The van der Waals surface area contributed by atoms with E-state index in [1.165, 1.54) is 11.8 Å². The van der Waals surface area contributed by atoms with Gasteiger partial charge in [0.25, 0.3) is 5.22 Å². The predicted octanol–water partition coefficient (Wildman–Crippen LogP) is 4.72. The first kappa shape index (κ1) is 16.2. The first-order chi connectivity index (χ1) is 9.88. The van der Waals surface area contributed by atoms with Gasteiger partial charge in [0, 0.05) is 0 Å². The highest BCUT2D eigenvalue weighted by Crippen LogP contribution is 2.31. The average Bonchev–Trinajstić information content (AvgIpc) is 2.73. The van der Waals surface area contributed by atoms with Gasteiger partial charge in [0.1, 0.15) is 5.76 Å². The van der Waals surface area contributed by atoms with Crippen LogP contribution in [-0.4, -0.2) is 16.1 Å². The maximum atomic E-state index is 12.2. The maximum Gasteiger partial charge on any atom is 0.256 e. The average molecular weight is 345 g/mol. The van der Waals surface area contributed by atoms with Crippen molar-refractivity contribution in [1.82, 2.24) is 4.98 Å². The van der Waals surface area contributed by atoms with Gasteiger partial charge in [-0.25, -0.2) is 4.98 Å². The van der Waals surface area contributed by atoms with E-state index in [0.29, 0.717) is 21.0 Å². The number of aromatic nitrogens is 1. The molecule has 1 heterocycles. The first-order valence-corrected chi connectivity index (χ1v) is 7.87. The molecule has 7 heteroatoms. The number of nitrogens with one attached hydrogen (secondary N) is 1. The minimum atomic E-state index is -0.377. The molecule has 4 nitrogen and oxygen atoms in total. The van der Waals surface area contributed by atoms with Crippen molar-refractivity contribution in [3.63, 3.8) is 0 Å². The third-order valence-electron chi connectivity index (χ3n) is 2.87. The van der Waals surface area contributed by atoms with E-state index in [-0.39, 0.29) is 11.2 Å². The molecule has 0 saturated heterocycles. The van der Waals surface area contributed by atoms with E-state index in [4.69, 9.17) is 27.6 Å². The van der Waals surface area contributed by atoms with E-state index in [1.807, 2.05) is 13.8 Å². The zero-order valence-corrected chi connectivity index (χ0v) is 14.1. The largest absolute Gasteiger partial charge is 0.437 e. The fourth-order valence-corrected chi connectivity index (χ4v) is 2.71. The van der Waals surface area contributed by atoms with Crippen LogP contribution in [0, 0.1) is 13.8 Å². The van der Waals surface area contributed by atoms with Crippen LogP contribution in [0.5, 0.6) is 0 Å². The van der Waals surface area contributed by atoms with Gasteiger partial charge in [-0.2, -0.15) is 0 Å². The van der Waals surface area contributed by atoms with Crippen LogP contribution in [0.25, 0.3) is 0 Å². The molecule has 112 valence electrons. The Bertz CT molecular complexity index is 653. The Hall–Kier alpha value is -1.17. The number of aryl methyl sites for hydroxylation is 2. The van der Waals surface area contributed by atoms with Crippen molar-refractivity contribution in [2.75, 3.05) is 5.32 Å². The van der Waals surface area contributed by atoms with E-state index in [1.54, 1.807) is 25.1 Å². The Labute approximate surface area is 137 Å². The lowest BCUT2D eigenvalue weighted by atomic mass is 10.3. The molecule has 2 rings (SSSR count). The van der Waals surface area contributed by atoms with Crippen LogP contribution in [0.4, 0.5) is 5.69 Å². The standard InChI is InChI=1S/C14H14Cl2N2O2S/c1-7-8(2)20-14(17-7)21-9(3)13(19)18-11-6-4-5-10(15)12(11)16/h4-6,9H,1-3H3,(H,18,19). The van der Waals surface area contributed by atoms with Gasteiger partial charge in [-0.1, -0.05) is 41.0 Å². The SMILES string of the molecule is Cc1nc(SC(C)C(=O)Nc2cccc(Cl)c2Cl)oc1C. The monoisotopic (exact) mass is 344 g/mol. The summed E-state index contributed by atoms with van der Waals surface area (Å²) in [6.07, 6.45) is 0. The molecule has 2 aromatic rings. The number of amides is 1. The number of thioether (sulfide) groups is 1. The molecular formula is C14H14Cl2N2O2S. The molecule has 0 aliphatic carbocycles. The molecular weight excluding hydrogens is 331 g/mol. The van der Waals surface area contributed by atoms with Crippen molar-refractivity contribution in [2.45, 2.75) is 31.2 Å². The van der Waals surface area contributed by atoms with Gasteiger partial charge in [0.15, 0.2) is 0 Å². The van der Waals surface area contributed by atoms with Crippen LogP contribution in [-0.2, 0) is 4.79 Å². The summed E-state index contributed by atoms with van der Waals surface area (Å²) >= 11 is 13.2. The summed E-state index contributed by atoms with van der Waals surface area (Å²) in [5.41, 5.74) is 1.31. The molecule has 21 heavy (non-hydrogen) atoms. The molecule has 0 spiro atoms. The molecule has 0 aliphatic heterocycles. The Morgan fingerprint density at radius 3 is 2.71 bits per heavy atom. The van der Waals surface area contributed by atoms with Crippen molar-refractivity contribution in [1.29, 1.82) is 0 Å². The van der Waals surface area contributed by atoms with Gasteiger partial charge >= 0.3 is 0 Å². The number of benzene rings is 1. The summed E-state index contributed by atoms with van der Waals surface area (Å²) in [7, 11) is 0. The van der Waals surface area contributed by atoms with Gasteiger partial charge in [-0.15, -0.1) is 0 Å². The van der Waals surface area contributed by atoms with Gasteiger partial charge in [0.05, 0.1) is 26.7 Å². The number of oxazole rings is 1. The second-order valence-corrected chi connectivity index (χ2v) is 6.55. The normalized spacial score (nSPS) is 12.2. The summed E-state index contributed by atoms with van der Waals surface area (Å²) in [5, 5.41) is 3.57. The summed E-state index contributed by atoms with van der Waals surface area (Å²) in [6.45, 7) is 5.47. The molecule has 0 aliphatic rings. The first-order valence-electron chi connectivity index (χ1n) is 6.24. The molecule has 1 N–H and O–H groups in total. The van der Waals surface area contributed by atoms with Crippen LogP contribution in [0.3, 0.4) is 0 Å². The molecule has 1 amide bonds. The number of nitrogens with zero attached hydrogens (tertiary/aromatic N) is 1. The highest BCUT2D eigenvalue weighted by atomic mass is 35.5. The van der Waals surface area contributed by atoms with Crippen molar-refractivity contribution >= 4 is 46.6 Å². The minimum Gasteiger partial charge on any atom is -0.437 e. The van der Waals surface area contributed by atoms with Gasteiger partial charge in [0.2, 0.25) is 5.91 Å². The summed E-state index contributed by atoms with van der Waals surface area (Å²) in [5.74, 6) is 0.556. The van der Waals surface area contributed by atoms with Crippen molar-refractivity contribution in [3.05, 3.63) is 39.7 Å². The van der Waals surface area contributed by atoms with E-state index in [0.717, 1.165) is 11.5 Å². The number of hydrogen-bond donors (Lipinski definition) is 1. The van der Waals surface area contributed by atoms with Crippen LogP contribution < -0.4 is 5.32 Å². The van der Waals surface area contributed by atoms with Crippen molar-refractivity contribution in [2.24, 2.45) is 0 Å². The maximum absolute atomic E-state index is 12.2. The Kier molecular flexibility index (Phi) is 5.19. The van der Waals surface area contributed by atoms with Gasteiger partial charge in [-0.05, 0) is 32.9 Å². The van der Waals surface area contributed by atoms with Crippen molar-refractivity contribution in [3.8, 4) is 0 Å².